The highest BCUT2D eigenvalue weighted by Gasteiger charge is 2.26. The van der Waals surface area contributed by atoms with Crippen LogP contribution in [0.4, 0.5) is 5.82 Å². The van der Waals surface area contributed by atoms with Gasteiger partial charge in [0.05, 0.1) is 9.26 Å². The van der Waals surface area contributed by atoms with E-state index in [1.54, 1.807) is 7.11 Å². The molecule has 0 aromatic carbocycles. The average Bonchev–Trinajstić information content (AvgIpc) is 2.36. The van der Waals surface area contributed by atoms with Crippen LogP contribution in [-0.4, -0.2) is 23.6 Å². The summed E-state index contributed by atoms with van der Waals surface area (Å²) in [6.07, 6.45) is 1.07. The zero-order chi connectivity index (χ0) is 14.6. The molecule has 0 saturated heterocycles. The van der Waals surface area contributed by atoms with E-state index in [1.807, 2.05) is 13.8 Å². The minimum Gasteiger partial charge on any atom is -0.371 e. The van der Waals surface area contributed by atoms with Crippen molar-refractivity contribution in [3.63, 3.8) is 0 Å². The fraction of sp³-hybridized carbons (Fsp3) is 0.714. The molecule has 1 heterocycles. The van der Waals surface area contributed by atoms with Gasteiger partial charge in [0.1, 0.15) is 11.4 Å². The van der Waals surface area contributed by atoms with E-state index >= 15 is 0 Å². The molecule has 0 atom stereocenters. The lowest BCUT2D eigenvalue weighted by atomic mass is 10.1. The van der Waals surface area contributed by atoms with Crippen molar-refractivity contribution in [1.29, 1.82) is 0 Å². The van der Waals surface area contributed by atoms with Gasteiger partial charge in [-0.15, -0.1) is 0 Å². The predicted molar refractivity (Wildman–Crippen MR) is 87.7 cm³/mol. The molecule has 19 heavy (non-hydrogen) atoms. The van der Waals surface area contributed by atoms with E-state index in [0.717, 1.165) is 33.9 Å². The average molecular weight is 377 g/mol. The lowest BCUT2D eigenvalue weighted by Crippen LogP contribution is -2.25. The number of hydrogen-bond donors (Lipinski definition) is 1. The Morgan fingerprint density at radius 1 is 1.32 bits per heavy atom. The van der Waals surface area contributed by atoms with Gasteiger partial charge in [0.25, 0.3) is 0 Å². The summed E-state index contributed by atoms with van der Waals surface area (Å²) >= 11 is 2.32. The monoisotopic (exact) mass is 377 g/mol. The van der Waals surface area contributed by atoms with Gasteiger partial charge < -0.3 is 10.1 Å². The maximum Gasteiger partial charge on any atom is 0.162 e. The van der Waals surface area contributed by atoms with E-state index in [1.165, 1.54) is 0 Å². The Hall–Kier alpha value is -0.430. The number of anilines is 1. The van der Waals surface area contributed by atoms with Gasteiger partial charge in [-0.1, -0.05) is 20.8 Å². The van der Waals surface area contributed by atoms with E-state index in [-0.39, 0.29) is 0 Å². The molecule has 0 saturated carbocycles. The Labute approximate surface area is 129 Å². The van der Waals surface area contributed by atoms with Gasteiger partial charge in [-0.05, 0) is 48.8 Å². The predicted octanol–water partition coefficient (Wildman–Crippen LogP) is 3.91. The molecule has 0 aliphatic carbocycles. The molecule has 0 unspecified atom stereocenters. The molecule has 1 aromatic rings. The number of halogens is 1. The molecule has 108 valence electrons. The van der Waals surface area contributed by atoms with E-state index < -0.39 is 5.60 Å². The Kier molecular flexibility index (Phi) is 5.98. The van der Waals surface area contributed by atoms with Gasteiger partial charge in [-0.2, -0.15) is 0 Å². The summed E-state index contributed by atoms with van der Waals surface area (Å²) in [7, 11) is 1.69. The number of rotatable bonds is 6. The van der Waals surface area contributed by atoms with Crippen molar-refractivity contribution >= 4 is 28.4 Å². The molecular formula is C14H24IN3O. The van der Waals surface area contributed by atoms with Gasteiger partial charge in [-0.3, -0.25) is 0 Å². The normalized spacial score (nSPS) is 12.0. The topological polar surface area (TPSA) is 47.0 Å². The Morgan fingerprint density at radius 3 is 2.42 bits per heavy atom. The summed E-state index contributed by atoms with van der Waals surface area (Å²) in [5, 5.41) is 3.38. The zero-order valence-electron chi connectivity index (χ0n) is 12.7. The summed E-state index contributed by atoms with van der Waals surface area (Å²) in [6.45, 7) is 11.3. The second-order valence-corrected chi connectivity index (χ2v) is 6.47. The molecule has 1 rings (SSSR count). The first-order valence-electron chi connectivity index (χ1n) is 6.70. The smallest absolute Gasteiger partial charge is 0.162 e. The van der Waals surface area contributed by atoms with Gasteiger partial charge in [0, 0.05) is 13.7 Å². The van der Waals surface area contributed by atoms with Gasteiger partial charge >= 0.3 is 0 Å². The molecule has 4 nitrogen and oxygen atoms in total. The number of methoxy groups -OCH3 is 1. The highest BCUT2D eigenvalue weighted by molar-refractivity contribution is 14.1. The molecule has 0 radical (unpaired) electrons. The first-order valence-corrected chi connectivity index (χ1v) is 7.78. The third-order valence-electron chi connectivity index (χ3n) is 3.01. The quantitative estimate of drug-likeness (QED) is 0.764. The SMILES string of the molecule is CCCNc1nc(C(C)(C)OC)nc(C(C)C)c1I. The number of hydrogen-bond acceptors (Lipinski definition) is 4. The molecule has 0 bridgehead atoms. The van der Waals surface area contributed by atoms with E-state index in [0.29, 0.717) is 5.92 Å². The highest BCUT2D eigenvalue weighted by Crippen LogP contribution is 2.29. The van der Waals surface area contributed by atoms with Crippen molar-refractivity contribution in [2.75, 3.05) is 19.0 Å². The molecule has 5 heteroatoms. The molecule has 0 amide bonds. The van der Waals surface area contributed by atoms with Crippen LogP contribution < -0.4 is 5.32 Å². The molecular weight excluding hydrogens is 353 g/mol. The minimum absolute atomic E-state index is 0.364. The van der Waals surface area contributed by atoms with E-state index in [2.05, 4.69) is 53.7 Å². The van der Waals surface area contributed by atoms with Crippen molar-refractivity contribution < 1.29 is 4.74 Å². The third kappa shape index (κ3) is 4.02. The first-order chi connectivity index (χ1) is 8.83. The fourth-order valence-electron chi connectivity index (χ4n) is 1.57. The van der Waals surface area contributed by atoms with Crippen LogP contribution in [0.2, 0.25) is 0 Å². The maximum absolute atomic E-state index is 5.50. The van der Waals surface area contributed by atoms with Crippen molar-refractivity contribution in [2.24, 2.45) is 0 Å². The minimum atomic E-state index is -0.476. The number of aromatic nitrogens is 2. The second-order valence-electron chi connectivity index (χ2n) is 5.39. The standard InChI is InChI=1S/C14H24IN3O/c1-7-8-16-12-10(15)11(9(2)3)17-13(18-12)14(4,5)19-6/h9H,7-8H2,1-6H3,(H,16,17,18). The molecule has 0 aliphatic rings. The van der Waals surface area contributed by atoms with Crippen LogP contribution in [0.5, 0.6) is 0 Å². The van der Waals surface area contributed by atoms with Crippen LogP contribution in [0.1, 0.15) is 58.5 Å². The molecule has 0 fully saturated rings. The summed E-state index contributed by atoms with van der Waals surface area (Å²) in [5.74, 6) is 2.02. The fourth-order valence-corrected chi connectivity index (χ4v) is 2.62. The number of nitrogens with one attached hydrogen (secondary N) is 1. The lowest BCUT2D eigenvalue weighted by Gasteiger charge is -2.24. The van der Waals surface area contributed by atoms with Crippen LogP contribution in [0.15, 0.2) is 0 Å². The summed E-state index contributed by atoms with van der Waals surface area (Å²) in [4.78, 5) is 9.34. The largest absolute Gasteiger partial charge is 0.371 e. The van der Waals surface area contributed by atoms with Crippen LogP contribution in [0.25, 0.3) is 0 Å². The van der Waals surface area contributed by atoms with E-state index in [9.17, 15) is 0 Å². The van der Waals surface area contributed by atoms with Crippen LogP contribution in [0.3, 0.4) is 0 Å². The Morgan fingerprint density at radius 2 is 1.95 bits per heavy atom. The number of ether oxygens (including phenoxy) is 1. The van der Waals surface area contributed by atoms with Crippen LogP contribution >= 0.6 is 22.6 Å². The summed E-state index contributed by atoms with van der Waals surface area (Å²) in [5.41, 5.74) is 0.603. The molecule has 0 spiro atoms. The van der Waals surface area contributed by atoms with Crippen molar-refractivity contribution in [3.8, 4) is 0 Å². The van der Waals surface area contributed by atoms with Crippen molar-refractivity contribution in [1.82, 2.24) is 9.97 Å². The number of nitrogens with zero attached hydrogens (tertiary/aromatic N) is 2. The lowest BCUT2D eigenvalue weighted by molar-refractivity contribution is 0.0113. The second kappa shape index (κ2) is 6.83. The van der Waals surface area contributed by atoms with Crippen molar-refractivity contribution in [3.05, 3.63) is 15.1 Å². The zero-order valence-corrected chi connectivity index (χ0v) is 14.8. The maximum atomic E-state index is 5.50. The molecule has 0 aliphatic heterocycles. The third-order valence-corrected chi connectivity index (χ3v) is 4.08. The Bertz CT molecular complexity index is 433. The van der Waals surface area contributed by atoms with Crippen LogP contribution in [0, 0.1) is 3.57 Å². The van der Waals surface area contributed by atoms with Gasteiger partial charge in [0.2, 0.25) is 0 Å². The highest BCUT2D eigenvalue weighted by atomic mass is 127. The van der Waals surface area contributed by atoms with Gasteiger partial charge in [-0.25, -0.2) is 9.97 Å². The molecule has 1 aromatic heterocycles. The van der Waals surface area contributed by atoms with Gasteiger partial charge in [0.15, 0.2) is 5.82 Å². The van der Waals surface area contributed by atoms with E-state index in [4.69, 9.17) is 9.72 Å². The van der Waals surface area contributed by atoms with Crippen molar-refractivity contribution in [2.45, 2.75) is 52.6 Å². The Balaban J connectivity index is 3.30. The molecule has 1 N–H and O–H groups in total. The summed E-state index contributed by atoms with van der Waals surface area (Å²) in [6, 6.07) is 0. The van der Waals surface area contributed by atoms with Crippen LogP contribution in [-0.2, 0) is 10.3 Å². The first kappa shape index (κ1) is 16.6. The summed E-state index contributed by atoms with van der Waals surface area (Å²) < 4.78 is 6.61.